The number of carbonyl (C=O) groups excluding carboxylic acids is 2. The highest BCUT2D eigenvalue weighted by Gasteiger charge is 2.30. The number of carbonyl (C=O) groups is 2. The first kappa shape index (κ1) is 24.8. The number of nitrogens with zero attached hydrogens (tertiary/aromatic N) is 2. The van der Waals surface area contributed by atoms with Crippen LogP contribution < -0.4 is 20.3 Å². The largest absolute Gasteiger partial charge is 0.497 e. The van der Waals surface area contributed by atoms with Crippen molar-refractivity contribution in [2.75, 3.05) is 43.5 Å². The number of ether oxygens (including phenoxy) is 1. The van der Waals surface area contributed by atoms with Crippen molar-refractivity contribution in [1.29, 1.82) is 0 Å². The Kier molecular flexibility index (Phi) is 7.81. The first-order chi connectivity index (χ1) is 15.6. The van der Waals surface area contributed by atoms with E-state index < -0.39 is 0 Å². The third kappa shape index (κ3) is 6.36. The van der Waals surface area contributed by atoms with E-state index in [9.17, 15) is 9.59 Å². The Morgan fingerprint density at radius 3 is 2.21 bits per heavy atom. The molecule has 1 fully saturated rings. The van der Waals surface area contributed by atoms with Crippen molar-refractivity contribution < 1.29 is 14.3 Å². The second kappa shape index (κ2) is 10.4. The predicted octanol–water partition coefficient (Wildman–Crippen LogP) is 4.17. The van der Waals surface area contributed by atoms with E-state index in [2.05, 4.69) is 15.5 Å². The highest BCUT2D eigenvalue weighted by Crippen LogP contribution is 2.30. The molecule has 0 unspecified atom stereocenters. The lowest BCUT2D eigenvalue weighted by Crippen LogP contribution is -2.51. The highest BCUT2D eigenvalue weighted by atomic mass is 35.5. The summed E-state index contributed by atoms with van der Waals surface area (Å²) in [5.74, 6) is 0.516. The fraction of sp³-hybridized carbons (Fsp3) is 0.375. The number of amides is 2. The van der Waals surface area contributed by atoms with Gasteiger partial charge in [0.25, 0.3) is 5.91 Å². The minimum absolute atomic E-state index is 0.165. The summed E-state index contributed by atoms with van der Waals surface area (Å²) in [5.41, 5.74) is 1.66. The molecular formula is C24H29ClN4O3S. The lowest BCUT2D eigenvalue weighted by molar-refractivity contribution is -0.139. The van der Waals surface area contributed by atoms with Crippen molar-refractivity contribution in [2.24, 2.45) is 5.41 Å². The lowest BCUT2D eigenvalue weighted by Gasteiger charge is -2.39. The molecule has 1 heterocycles. The van der Waals surface area contributed by atoms with E-state index in [4.69, 9.17) is 28.6 Å². The molecule has 1 aliphatic heterocycles. The lowest BCUT2D eigenvalue weighted by atomic mass is 9.94. The maximum Gasteiger partial charge on any atom is 0.257 e. The van der Waals surface area contributed by atoms with Crippen LogP contribution in [0, 0.1) is 5.41 Å². The minimum atomic E-state index is -0.381. The van der Waals surface area contributed by atoms with E-state index in [1.807, 2.05) is 37.8 Å². The van der Waals surface area contributed by atoms with Crippen molar-refractivity contribution >= 4 is 52.1 Å². The maximum atomic E-state index is 12.5. The Labute approximate surface area is 205 Å². The molecule has 0 radical (unpaired) electrons. The van der Waals surface area contributed by atoms with Crippen LogP contribution in [0.4, 0.5) is 11.4 Å². The number of methoxy groups -OCH3 is 1. The second-order valence-electron chi connectivity index (χ2n) is 8.83. The number of rotatable bonds is 4. The average Bonchev–Trinajstić information content (AvgIpc) is 2.78. The number of halogens is 1. The molecule has 0 aromatic heterocycles. The van der Waals surface area contributed by atoms with Crippen LogP contribution in [0.5, 0.6) is 5.75 Å². The smallest absolute Gasteiger partial charge is 0.257 e. The molecule has 1 aliphatic rings. The van der Waals surface area contributed by atoms with Crippen molar-refractivity contribution in [3.63, 3.8) is 0 Å². The SMILES string of the molecule is COc1ccc(C(=O)NC(=S)Nc2ccc(N3CCN(C(=O)C(C)(C)C)CC3)c(Cl)c2)cc1. The molecule has 0 aliphatic carbocycles. The molecule has 0 saturated carbocycles. The topological polar surface area (TPSA) is 73.9 Å². The number of nitrogens with one attached hydrogen (secondary N) is 2. The molecular weight excluding hydrogens is 460 g/mol. The third-order valence-corrected chi connectivity index (χ3v) is 5.84. The van der Waals surface area contributed by atoms with Crippen LogP contribution >= 0.6 is 23.8 Å². The highest BCUT2D eigenvalue weighted by molar-refractivity contribution is 7.80. The Balaban J connectivity index is 1.56. The maximum absolute atomic E-state index is 12.5. The normalized spacial score (nSPS) is 14.0. The second-order valence-corrected chi connectivity index (χ2v) is 9.65. The van der Waals surface area contributed by atoms with Gasteiger partial charge in [-0.05, 0) is 54.7 Å². The zero-order chi connectivity index (χ0) is 24.2. The number of benzene rings is 2. The van der Waals surface area contributed by atoms with Crippen LogP contribution in [0.2, 0.25) is 5.02 Å². The first-order valence-corrected chi connectivity index (χ1v) is 11.5. The summed E-state index contributed by atoms with van der Waals surface area (Å²) in [7, 11) is 1.57. The quantitative estimate of drug-likeness (QED) is 0.629. The molecule has 0 bridgehead atoms. The Bertz CT molecular complexity index is 1030. The van der Waals surface area contributed by atoms with E-state index in [1.165, 1.54) is 0 Å². The van der Waals surface area contributed by atoms with Gasteiger partial charge in [0.1, 0.15) is 5.75 Å². The first-order valence-electron chi connectivity index (χ1n) is 10.7. The van der Waals surface area contributed by atoms with Crippen LogP contribution in [0.25, 0.3) is 0 Å². The van der Waals surface area contributed by atoms with E-state index >= 15 is 0 Å². The Hall–Kier alpha value is -2.84. The summed E-state index contributed by atoms with van der Waals surface area (Å²) >= 11 is 11.8. The third-order valence-electron chi connectivity index (χ3n) is 5.33. The average molecular weight is 489 g/mol. The van der Waals surface area contributed by atoms with Gasteiger partial charge in [0.2, 0.25) is 5.91 Å². The van der Waals surface area contributed by atoms with Crippen molar-refractivity contribution in [1.82, 2.24) is 10.2 Å². The molecule has 2 amide bonds. The molecule has 7 nitrogen and oxygen atoms in total. The van der Waals surface area contributed by atoms with E-state index in [0.29, 0.717) is 48.2 Å². The van der Waals surface area contributed by atoms with Crippen LogP contribution in [0.1, 0.15) is 31.1 Å². The van der Waals surface area contributed by atoms with Crippen LogP contribution in [-0.4, -0.2) is 55.1 Å². The van der Waals surface area contributed by atoms with Crippen molar-refractivity contribution in [3.8, 4) is 5.75 Å². The van der Waals surface area contributed by atoms with E-state index in [1.54, 1.807) is 37.4 Å². The van der Waals surface area contributed by atoms with E-state index in [0.717, 1.165) is 5.69 Å². The van der Waals surface area contributed by atoms with Gasteiger partial charge in [0.05, 0.1) is 17.8 Å². The number of piperazine rings is 1. The van der Waals surface area contributed by atoms with Crippen LogP contribution in [0.3, 0.4) is 0 Å². The Morgan fingerprint density at radius 2 is 1.67 bits per heavy atom. The number of hydrogen-bond acceptors (Lipinski definition) is 5. The molecule has 1 saturated heterocycles. The number of hydrogen-bond donors (Lipinski definition) is 2. The van der Waals surface area contributed by atoms with Gasteiger partial charge in [-0.3, -0.25) is 14.9 Å². The molecule has 0 atom stereocenters. The van der Waals surface area contributed by atoms with Gasteiger partial charge >= 0.3 is 0 Å². The predicted molar refractivity (Wildman–Crippen MR) is 136 cm³/mol. The molecule has 9 heteroatoms. The molecule has 0 spiro atoms. The van der Waals surface area contributed by atoms with Gasteiger partial charge in [-0.15, -0.1) is 0 Å². The molecule has 176 valence electrons. The Morgan fingerprint density at radius 1 is 1.03 bits per heavy atom. The molecule has 2 N–H and O–H groups in total. The standard InChI is InChI=1S/C24H29ClN4O3S/c1-24(2,3)22(31)29-13-11-28(12-14-29)20-10-7-17(15-19(20)25)26-23(33)27-21(30)16-5-8-18(32-4)9-6-16/h5-10,15H,11-14H2,1-4H3,(H2,26,27,30,33). The van der Waals surface area contributed by atoms with Crippen LogP contribution in [-0.2, 0) is 4.79 Å². The minimum Gasteiger partial charge on any atom is -0.497 e. The molecule has 2 aromatic carbocycles. The number of anilines is 2. The zero-order valence-corrected chi connectivity index (χ0v) is 20.8. The zero-order valence-electron chi connectivity index (χ0n) is 19.3. The summed E-state index contributed by atoms with van der Waals surface area (Å²) < 4.78 is 5.10. The van der Waals surface area contributed by atoms with Crippen LogP contribution in [0.15, 0.2) is 42.5 Å². The summed E-state index contributed by atoms with van der Waals surface area (Å²) in [6, 6.07) is 12.3. The van der Waals surface area contributed by atoms with Gasteiger partial charge in [-0.1, -0.05) is 32.4 Å². The number of thiocarbonyl (C=S) groups is 1. The summed E-state index contributed by atoms with van der Waals surface area (Å²) in [5, 5.41) is 6.39. The molecule has 2 aromatic rings. The monoisotopic (exact) mass is 488 g/mol. The van der Waals surface area contributed by atoms with Gasteiger partial charge in [0.15, 0.2) is 5.11 Å². The van der Waals surface area contributed by atoms with E-state index in [-0.39, 0.29) is 22.3 Å². The molecule has 33 heavy (non-hydrogen) atoms. The van der Waals surface area contributed by atoms with Gasteiger partial charge < -0.3 is 19.9 Å². The van der Waals surface area contributed by atoms with Gasteiger partial charge in [-0.2, -0.15) is 0 Å². The summed E-state index contributed by atoms with van der Waals surface area (Å²) in [6.45, 7) is 8.56. The fourth-order valence-corrected chi connectivity index (χ4v) is 4.06. The fourth-order valence-electron chi connectivity index (χ4n) is 3.55. The summed E-state index contributed by atoms with van der Waals surface area (Å²) in [6.07, 6.45) is 0. The van der Waals surface area contributed by atoms with Crippen molar-refractivity contribution in [2.45, 2.75) is 20.8 Å². The van der Waals surface area contributed by atoms with Gasteiger partial charge in [-0.25, -0.2) is 0 Å². The molecule has 3 rings (SSSR count). The van der Waals surface area contributed by atoms with Gasteiger partial charge in [0, 0.05) is 42.8 Å². The van der Waals surface area contributed by atoms with Crippen molar-refractivity contribution in [3.05, 3.63) is 53.1 Å². The summed E-state index contributed by atoms with van der Waals surface area (Å²) in [4.78, 5) is 28.9.